The van der Waals surface area contributed by atoms with Crippen LogP contribution in [0.5, 0.6) is 0 Å². The van der Waals surface area contributed by atoms with Gasteiger partial charge >= 0.3 is 6.03 Å². The third kappa shape index (κ3) is 2.89. The van der Waals surface area contributed by atoms with E-state index in [-0.39, 0.29) is 17.9 Å². The smallest absolute Gasteiger partial charge is 0.314 e. The van der Waals surface area contributed by atoms with Crippen LogP contribution in [0.1, 0.15) is 6.92 Å². The SMILES string of the molecule is CCOCCN1C[C@]23C=C[C@H](O2)[C@H](C(=O)N2CCN(C(N)=O)CC2)[C@H]3C1=O. The first kappa shape index (κ1) is 18.2. The molecule has 4 aliphatic rings. The number of amides is 4. The minimum atomic E-state index is -0.691. The van der Waals surface area contributed by atoms with Crippen LogP contribution in [0.3, 0.4) is 0 Å². The fourth-order valence-electron chi connectivity index (χ4n) is 4.73. The molecule has 0 saturated carbocycles. The molecule has 3 saturated heterocycles. The second-order valence-electron chi connectivity index (χ2n) is 7.51. The highest BCUT2D eigenvalue weighted by Crippen LogP contribution is 2.52. The summed E-state index contributed by atoms with van der Waals surface area (Å²) in [5.74, 6) is -1.08. The van der Waals surface area contributed by atoms with Crippen LogP contribution in [0.15, 0.2) is 12.2 Å². The lowest BCUT2D eigenvalue weighted by Crippen LogP contribution is -2.55. The fourth-order valence-corrected chi connectivity index (χ4v) is 4.73. The van der Waals surface area contributed by atoms with Crippen LogP contribution >= 0.6 is 0 Å². The number of urea groups is 1. The lowest BCUT2D eigenvalue weighted by atomic mass is 9.76. The number of nitrogens with two attached hydrogens (primary N) is 1. The lowest BCUT2D eigenvalue weighted by molar-refractivity contribution is -0.144. The number of rotatable bonds is 5. The predicted octanol–water partition coefficient (Wildman–Crippen LogP) is -0.972. The molecule has 3 fully saturated rings. The van der Waals surface area contributed by atoms with Gasteiger partial charge in [-0.3, -0.25) is 9.59 Å². The number of hydrogen-bond acceptors (Lipinski definition) is 5. The third-order valence-corrected chi connectivity index (χ3v) is 6.08. The van der Waals surface area contributed by atoms with Gasteiger partial charge in [0.25, 0.3) is 0 Å². The average Bonchev–Trinajstić information content (AvgIpc) is 3.30. The maximum Gasteiger partial charge on any atom is 0.314 e. The molecule has 9 nitrogen and oxygen atoms in total. The van der Waals surface area contributed by atoms with Gasteiger partial charge in [0, 0.05) is 39.3 Å². The van der Waals surface area contributed by atoms with Crippen molar-refractivity contribution in [1.82, 2.24) is 14.7 Å². The van der Waals surface area contributed by atoms with Crippen LogP contribution < -0.4 is 5.73 Å². The van der Waals surface area contributed by atoms with Crippen molar-refractivity contribution in [3.05, 3.63) is 12.2 Å². The Morgan fingerprint density at radius 2 is 2.00 bits per heavy atom. The fraction of sp³-hybridized carbons (Fsp3) is 0.722. The summed E-state index contributed by atoms with van der Waals surface area (Å²) in [5.41, 5.74) is 4.62. The Morgan fingerprint density at radius 3 is 2.67 bits per heavy atom. The Hall–Kier alpha value is -2.13. The molecule has 2 N–H and O–H groups in total. The highest BCUT2D eigenvalue weighted by molar-refractivity contribution is 5.93. The molecule has 4 heterocycles. The Balaban J connectivity index is 1.46. The molecule has 4 amide bonds. The molecule has 1 spiro atoms. The van der Waals surface area contributed by atoms with Gasteiger partial charge in [0.05, 0.1) is 31.1 Å². The largest absolute Gasteiger partial charge is 0.380 e. The number of hydrogen-bond donors (Lipinski definition) is 1. The normalized spacial score (nSPS) is 34.5. The molecule has 0 aromatic rings. The first-order valence-electron chi connectivity index (χ1n) is 9.54. The molecule has 0 aromatic carbocycles. The molecule has 27 heavy (non-hydrogen) atoms. The topological polar surface area (TPSA) is 105 Å². The minimum Gasteiger partial charge on any atom is -0.380 e. The van der Waals surface area contributed by atoms with Gasteiger partial charge in [-0.05, 0) is 6.92 Å². The number of carbonyl (C=O) groups excluding carboxylic acids is 3. The maximum atomic E-state index is 13.2. The highest BCUT2D eigenvalue weighted by atomic mass is 16.5. The van der Waals surface area contributed by atoms with E-state index < -0.39 is 23.5 Å². The van der Waals surface area contributed by atoms with Crippen molar-refractivity contribution in [2.75, 3.05) is 52.5 Å². The molecule has 0 aliphatic carbocycles. The molecule has 9 heteroatoms. The Morgan fingerprint density at radius 1 is 1.30 bits per heavy atom. The Kier molecular flexibility index (Phi) is 4.59. The van der Waals surface area contributed by atoms with Gasteiger partial charge in [0.15, 0.2) is 0 Å². The number of nitrogens with zero attached hydrogens (tertiary/aromatic N) is 3. The zero-order valence-corrected chi connectivity index (χ0v) is 15.5. The van der Waals surface area contributed by atoms with E-state index in [1.165, 1.54) is 4.90 Å². The van der Waals surface area contributed by atoms with Crippen molar-refractivity contribution in [2.45, 2.75) is 18.6 Å². The number of piperazine rings is 1. The van der Waals surface area contributed by atoms with Gasteiger partial charge in [-0.1, -0.05) is 12.2 Å². The van der Waals surface area contributed by atoms with Crippen molar-refractivity contribution in [3.8, 4) is 0 Å². The molecular weight excluding hydrogens is 352 g/mol. The number of likely N-dealkylation sites (tertiary alicyclic amines) is 1. The number of primary amides is 1. The van der Waals surface area contributed by atoms with Gasteiger partial charge in [0.1, 0.15) is 5.60 Å². The molecule has 4 aliphatic heterocycles. The second kappa shape index (κ2) is 6.79. The molecule has 4 rings (SSSR count). The zero-order valence-electron chi connectivity index (χ0n) is 15.5. The Bertz CT molecular complexity index is 675. The van der Waals surface area contributed by atoms with E-state index in [2.05, 4.69) is 0 Å². The number of ether oxygens (including phenoxy) is 2. The molecule has 4 atom stereocenters. The first-order chi connectivity index (χ1) is 13.0. The van der Waals surface area contributed by atoms with Crippen LogP contribution in [-0.4, -0.2) is 96.7 Å². The summed E-state index contributed by atoms with van der Waals surface area (Å²) < 4.78 is 11.5. The van der Waals surface area contributed by atoms with Gasteiger partial charge < -0.3 is 29.9 Å². The average molecular weight is 378 g/mol. The molecule has 0 unspecified atom stereocenters. The highest BCUT2D eigenvalue weighted by Gasteiger charge is 2.67. The summed E-state index contributed by atoms with van der Waals surface area (Å²) in [6, 6.07) is -0.469. The van der Waals surface area contributed by atoms with Crippen molar-refractivity contribution >= 4 is 17.8 Å². The van der Waals surface area contributed by atoms with Crippen LogP contribution in [0.4, 0.5) is 4.79 Å². The van der Waals surface area contributed by atoms with E-state index in [0.29, 0.717) is 52.5 Å². The third-order valence-electron chi connectivity index (χ3n) is 6.08. The summed E-state index contributed by atoms with van der Waals surface area (Å²) in [5, 5.41) is 0. The van der Waals surface area contributed by atoms with Crippen LogP contribution in [0.2, 0.25) is 0 Å². The van der Waals surface area contributed by atoms with E-state index in [1.54, 1.807) is 9.80 Å². The van der Waals surface area contributed by atoms with Crippen molar-refractivity contribution in [3.63, 3.8) is 0 Å². The second-order valence-corrected chi connectivity index (χ2v) is 7.51. The monoisotopic (exact) mass is 378 g/mol. The molecule has 2 bridgehead atoms. The molecule has 0 radical (unpaired) electrons. The molecule has 0 aromatic heterocycles. The zero-order chi connectivity index (χ0) is 19.2. The van der Waals surface area contributed by atoms with Crippen LogP contribution in [-0.2, 0) is 19.1 Å². The van der Waals surface area contributed by atoms with Gasteiger partial charge in [-0.2, -0.15) is 0 Å². The Labute approximate surface area is 158 Å². The predicted molar refractivity (Wildman–Crippen MR) is 94.5 cm³/mol. The molecular formula is C18H26N4O5. The van der Waals surface area contributed by atoms with Gasteiger partial charge in [0.2, 0.25) is 11.8 Å². The van der Waals surface area contributed by atoms with E-state index >= 15 is 0 Å². The summed E-state index contributed by atoms with van der Waals surface area (Å²) in [6.45, 7) is 5.66. The quantitative estimate of drug-likeness (QED) is 0.489. The van der Waals surface area contributed by atoms with Crippen LogP contribution in [0.25, 0.3) is 0 Å². The van der Waals surface area contributed by atoms with Gasteiger partial charge in [-0.25, -0.2) is 4.79 Å². The summed E-state index contributed by atoms with van der Waals surface area (Å²) in [6.07, 6.45) is 3.52. The maximum absolute atomic E-state index is 13.2. The van der Waals surface area contributed by atoms with E-state index in [4.69, 9.17) is 15.2 Å². The van der Waals surface area contributed by atoms with E-state index in [1.807, 2.05) is 19.1 Å². The number of fused-ring (bicyclic) bond motifs is 1. The van der Waals surface area contributed by atoms with Gasteiger partial charge in [-0.15, -0.1) is 0 Å². The summed E-state index contributed by atoms with van der Waals surface area (Å²) >= 11 is 0. The summed E-state index contributed by atoms with van der Waals surface area (Å²) in [4.78, 5) is 42.5. The van der Waals surface area contributed by atoms with Crippen molar-refractivity contribution < 1.29 is 23.9 Å². The summed E-state index contributed by atoms with van der Waals surface area (Å²) in [7, 11) is 0. The lowest BCUT2D eigenvalue weighted by Gasteiger charge is -2.36. The number of carbonyl (C=O) groups is 3. The van der Waals surface area contributed by atoms with Crippen LogP contribution in [0, 0.1) is 11.8 Å². The van der Waals surface area contributed by atoms with Crippen molar-refractivity contribution in [1.29, 1.82) is 0 Å². The van der Waals surface area contributed by atoms with Crippen molar-refractivity contribution in [2.24, 2.45) is 17.6 Å². The van der Waals surface area contributed by atoms with E-state index in [0.717, 1.165) is 0 Å². The molecule has 148 valence electrons. The minimum absolute atomic E-state index is 0.0318. The van der Waals surface area contributed by atoms with E-state index in [9.17, 15) is 14.4 Å². The standard InChI is InChI=1S/C18H26N4O5/c1-2-26-10-9-22-11-18-4-3-12(27-18)13(14(18)16(22)24)15(23)20-5-7-21(8-6-20)17(19)25/h3-4,12-14H,2,5-11H2,1H3,(H2,19,25)/t12-,13-,14-,18-/m0/s1. The first-order valence-corrected chi connectivity index (χ1v) is 9.54.